The van der Waals surface area contributed by atoms with E-state index in [4.69, 9.17) is 14.2 Å². The van der Waals surface area contributed by atoms with Crippen molar-refractivity contribution in [1.82, 2.24) is 0 Å². The molecule has 0 saturated heterocycles. The second kappa shape index (κ2) is 25.8. The standard InChI is InChI=1S/C46H68O4/c1-5-7-8-9-10-11-12-13-14-15-16-17-18-19-20-21-22-25-37-48-39(4)40-29-31-41(32-30-40)42-33-35-43(36-34-42)46(47)50-45-28-24-23-27-44(45)49-38(3)26-6-2/h23-24,27-36,38-39H,5-22,25-26,37H2,1-4H3. The average Bonchev–Trinajstić information content (AvgIpc) is 3.13. The van der Waals surface area contributed by atoms with Crippen molar-refractivity contribution in [2.45, 2.75) is 168 Å². The Kier molecular flexibility index (Phi) is 21.3. The van der Waals surface area contributed by atoms with E-state index in [-0.39, 0.29) is 12.2 Å². The van der Waals surface area contributed by atoms with Gasteiger partial charge < -0.3 is 14.2 Å². The molecule has 4 heteroatoms. The van der Waals surface area contributed by atoms with Gasteiger partial charge in [0.25, 0.3) is 0 Å². The maximum absolute atomic E-state index is 12.9. The van der Waals surface area contributed by atoms with Gasteiger partial charge in [-0.3, -0.25) is 0 Å². The third kappa shape index (κ3) is 16.7. The number of hydrogen-bond acceptors (Lipinski definition) is 4. The minimum Gasteiger partial charge on any atom is -0.487 e. The number of carbonyl (C=O) groups excluding carboxylic acids is 1. The van der Waals surface area contributed by atoms with Gasteiger partial charge in [0.15, 0.2) is 11.5 Å². The number of unbranched alkanes of at least 4 members (excludes halogenated alkanes) is 17. The van der Waals surface area contributed by atoms with E-state index in [1.807, 2.05) is 49.4 Å². The molecule has 0 bridgehead atoms. The Labute approximate surface area is 305 Å². The van der Waals surface area contributed by atoms with E-state index in [2.05, 4.69) is 45.0 Å². The summed E-state index contributed by atoms with van der Waals surface area (Å²) in [5.41, 5.74) is 3.85. The first-order chi connectivity index (χ1) is 24.5. The lowest BCUT2D eigenvalue weighted by Gasteiger charge is -2.16. The summed E-state index contributed by atoms with van der Waals surface area (Å²) in [5, 5.41) is 0. The van der Waals surface area contributed by atoms with Crippen molar-refractivity contribution in [3.05, 3.63) is 83.9 Å². The molecule has 50 heavy (non-hydrogen) atoms. The van der Waals surface area contributed by atoms with Crippen LogP contribution in [0.3, 0.4) is 0 Å². The fraction of sp³-hybridized carbons (Fsp3) is 0.587. The van der Waals surface area contributed by atoms with E-state index < -0.39 is 5.97 Å². The van der Waals surface area contributed by atoms with Crippen LogP contribution in [0, 0.1) is 0 Å². The first kappa shape index (κ1) is 41.3. The molecule has 276 valence electrons. The highest BCUT2D eigenvalue weighted by Crippen LogP contribution is 2.30. The highest BCUT2D eigenvalue weighted by Gasteiger charge is 2.15. The molecule has 3 rings (SSSR count). The maximum Gasteiger partial charge on any atom is 0.343 e. The second-order valence-corrected chi connectivity index (χ2v) is 14.3. The molecule has 0 fully saturated rings. The van der Waals surface area contributed by atoms with Crippen molar-refractivity contribution in [3.63, 3.8) is 0 Å². The Morgan fingerprint density at radius 2 is 1.00 bits per heavy atom. The molecule has 0 heterocycles. The van der Waals surface area contributed by atoms with Crippen molar-refractivity contribution in [1.29, 1.82) is 0 Å². The summed E-state index contributed by atoms with van der Waals surface area (Å²) >= 11 is 0. The summed E-state index contributed by atoms with van der Waals surface area (Å²) in [6.07, 6.45) is 27.1. The predicted molar refractivity (Wildman–Crippen MR) is 211 cm³/mol. The maximum atomic E-state index is 12.9. The van der Waals surface area contributed by atoms with Crippen LogP contribution in [0.2, 0.25) is 0 Å². The fourth-order valence-corrected chi connectivity index (χ4v) is 6.58. The number of rotatable bonds is 28. The Bertz CT molecular complexity index is 1280. The minimum absolute atomic E-state index is 0.0542. The molecule has 0 saturated carbocycles. The van der Waals surface area contributed by atoms with Gasteiger partial charge in [-0.15, -0.1) is 0 Å². The van der Waals surface area contributed by atoms with Crippen LogP contribution in [0.1, 0.15) is 178 Å². The Morgan fingerprint density at radius 3 is 1.50 bits per heavy atom. The monoisotopic (exact) mass is 685 g/mol. The van der Waals surface area contributed by atoms with Crippen molar-refractivity contribution in [3.8, 4) is 22.6 Å². The highest BCUT2D eigenvalue weighted by atomic mass is 16.6. The van der Waals surface area contributed by atoms with Crippen LogP contribution in [0.5, 0.6) is 11.5 Å². The largest absolute Gasteiger partial charge is 0.487 e. The molecule has 0 aliphatic carbocycles. The van der Waals surface area contributed by atoms with Crippen LogP contribution in [-0.2, 0) is 4.74 Å². The van der Waals surface area contributed by atoms with E-state index in [0.717, 1.165) is 37.0 Å². The first-order valence-electron chi connectivity index (χ1n) is 20.3. The molecule has 2 atom stereocenters. The smallest absolute Gasteiger partial charge is 0.343 e. The molecule has 0 spiro atoms. The summed E-state index contributed by atoms with van der Waals surface area (Å²) in [5.74, 6) is 0.635. The third-order valence-electron chi connectivity index (χ3n) is 9.77. The normalized spacial score (nSPS) is 12.5. The van der Waals surface area contributed by atoms with Gasteiger partial charge >= 0.3 is 5.97 Å². The van der Waals surface area contributed by atoms with Gasteiger partial charge in [0, 0.05) is 6.61 Å². The molecule has 3 aromatic carbocycles. The van der Waals surface area contributed by atoms with Crippen molar-refractivity contribution < 1.29 is 19.0 Å². The topological polar surface area (TPSA) is 44.8 Å². The SMILES string of the molecule is CCCCCCCCCCCCCCCCCCCCOC(C)c1ccc(-c2ccc(C(=O)Oc3ccccc3OC(C)CCC)cc2)cc1. The van der Waals surface area contributed by atoms with E-state index >= 15 is 0 Å². The molecule has 4 nitrogen and oxygen atoms in total. The van der Waals surface area contributed by atoms with Crippen LogP contribution in [0.25, 0.3) is 11.1 Å². The van der Waals surface area contributed by atoms with Crippen LogP contribution in [0.15, 0.2) is 72.8 Å². The summed E-state index contributed by atoms with van der Waals surface area (Å²) in [6.45, 7) is 9.40. The number of carbonyl (C=O) groups is 1. The molecule has 0 N–H and O–H groups in total. The Morgan fingerprint density at radius 1 is 0.540 bits per heavy atom. The second-order valence-electron chi connectivity index (χ2n) is 14.3. The summed E-state index contributed by atoms with van der Waals surface area (Å²) in [6, 6.07) is 23.5. The summed E-state index contributed by atoms with van der Waals surface area (Å²) in [7, 11) is 0. The van der Waals surface area contributed by atoms with E-state index in [1.54, 1.807) is 6.07 Å². The lowest BCUT2D eigenvalue weighted by atomic mass is 10.0. The number of esters is 1. The highest BCUT2D eigenvalue weighted by molar-refractivity contribution is 5.92. The third-order valence-corrected chi connectivity index (χ3v) is 9.77. The molecular formula is C46H68O4. The quantitative estimate of drug-likeness (QED) is 0.0434. The molecule has 0 aliphatic rings. The van der Waals surface area contributed by atoms with Gasteiger partial charge in [0.1, 0.15) is 0 Å². The van der Waals surface area contributed by atoms with Crippen LogP contribution in [-0.4, -0.2) is 18.7 Å². The summed E-state index contributed by atoms with van der Waals surface area (Å²) in [4.78, 5) is 12.9. The van der Waals surface area contributed by atoms with E-state index in [0.29, 0.717) is 17.1 Å². The van der Waals surface area contributed by atoms with Crippen molar-refractivity contribution >= 4 is 5.97 Å². The average molecular weight is 685 g/mol. The Hall–Kier alpha value is -3.11. The number of benzene rings is 3. The number of ether oxygens (including phenoxy) is 3. The molecule has 0 aliphatic heterocycles. The molecular weight excluding hydrogens is 617 g/mol. The van der Waals surface area contributed by atoms with Gasteiger partial charge in [-0.25, -0.2) is 4.79 Å². The number of para-hydroxylation sites is 2. The lowest BCUT2D eigenvalue weighted by Crippen LogP contribution is -2.14. The van der Waals surface area contributed by atoms with Crippen LogP contribution in [0.4, 0.5) is 0 Å². The zero-order valence-corrected chi connectivity index (χ0v) is 32.1. The van der Waals surface area contributed by atoms with Crippen molar-refractivity contribution in [2.75, 3.05) is 6.61 Å². The van der Waals surface area contributed by atoms with Gasteiger partial charge in [0.05, 0.1) is 17.8 Å². The van der Waals surface area contributed by atoms with Crippen LogP contribution < -0.4 is 9.47 Å². The first-order valence-corrected chi connectivity index (χ1v) is 20.3. The lowest BCUT2D eigenvalue weighted by molar-refractivity contribution is 0.0627. The zero-order valence-electron chi connectivity index (χ0n) is 32.1. The zero-order chi connectivity index (χ0) is 35.7. The van der Waals surface area contributed by atoms with Gasteiger partial charge in [0.2, 0.25) is 0 Å². The van der Waals surface area contributed by atoms with Gasteiger partial charge in [-0.2, -0.15) is 0 Å². The minimum atomic E-state index is -0.396. The molecule has 0 radical (unpaired) electrons. The van der Waals surface area contributed by atoms with E-state index in [1.165, 1.54) is 115 Å². The fourth-order valence-electron chi connectivity index (χ4n) is 6.58. The number of hydrogen-bond donors (Lipinski definition) is 0. The van der Waals surface area contributed by atoms with Gasteiger partial charge in [-0.05, 0) is 67.6 Å². The van der Waals surface area contributed by atoms with Crippen LogP contribution >= 0.6 is 0 Å². The Balaban J connectivity index is 1.25. The van der Waals surface area contributed by atoms with E-state index in [9.17, 15) is 4.79 Å². The van der Waals surface area contributed by atoms with Gasteiger partial charge in [-0.1, -0.05) is 178 Å². The summed E-state index contributed by atoms with van der Waals surface area (Å²) < 4.78 is 17.9. The molecule has 0 amide bonds. The molecule has 0 aromatic heterocycles. The molecule has 2 unspecified atom stereocenters. The predicted octanol–water partition coefficient (Wildman–Crippen LogP) is 14.3. The molecule has 3 aromatic rings. The van der Waals surface area contributed by atoms with Crippen molar-refractivity contribution in [2.24, 2.45) is 0 Å².